The van der Waals surface area contributed by atoms with Crippen molar-refractivity contribution in [1.29, 1.82) is 0 Å². The van der Waals surface area contributed by atoms with E-state index >= 15 is 0 Å². The van der Waals surface area contributed by atoms with Gasteiger partial charge < -0.3 is 14.5 Å². The van der Waals surface area contributed by atoms with Crippen LogP contribution in [0.15, 0.2) is 54.9 Å². The third-order valence-corrected chi connectivity index (χ3v) is 3.63. The number of imidazole rings is 1. The zero-order valence-electron chi connectivity index (χ0n) is 12.7. The van der Waals surface area contributed by atoms with Crippen LogP contribution in [-0.2, 0) is 6.42 Å². The fourth-order valence-electron chi connectivity index (χ4n) is 2.63. The second kappa shape index (κ2) is 6.35. The van der Waals surface area contributed by atoms with Gasteiger partial charge in [0.1, 0.15) is 17.3 Å². The van der Waals surface area contributed by atoms with Crippen LogP contribution >= 0.6 is 0 Å². The second-order valence-corrected chi connectivity index (χ2v) is 4.90. The number of aromatic nitrogens is 2. The highest BCUT2D eigenvalue weighted by atomic mass is 16.5. The quantitative estimate of drug-likeness (QED) is 0.780. The number of aromatic amines is 1. The molecule has 4 nitrogen and oxygen atoms in total. The second-order valence-electron chi connectivity index (χ2n) is 4.90. The van der Waals surface area contributed by atoms with Gasteiger partial charge in [-0.3, -0.25) is 0 Å². The van der Waals surface area contributed by atoms with Crippen molar-refractivity contribution in [1.82, 2.24) is 9.97 Å². The number of rotatable bonds is 5. The van der Waals surface area contributed by atoms with E-state index in [9.17, 15) is 0 Å². The maximum Gasteiger partial charge on any atom is 0.127 e. The maximum absolute atomic E-state index is 5.57. The summed E-state index contributed by atoms with van der Waals surface area (Å²) >= 11 is 0. The average Bonchev–Trinajstić information content (AvgIpc) is 3.08. The van der Waals surface area contributed by atoms with Crippen LogP contribution in [0.3, 0.4) is 0 Å². The molecular weight excluding hydrogens is 276 g/mol. The molecule has 0 aliphatic rings. The van der Waals surface area contributed by atoms with Gasteiger partial charge >= 0.3 is 0 Å². The summed E-state index contributed by atoms with van der Waals surface area (Å²) < 4.78 is 11.1. The number of nitrogens with one attached hydrogen (secondary N) is 1. The van der Waals surface area contributed by atoms with Gasteiger partial charge in [0.25, 0.3) is 0 Å². The number of benzene rings is 2. The van der Waals surface area contributed by atoms with Crippen LogP contribution < -0.4 is 9.47 Å². The van der Waals surface area contributed by atoms with Crippen molar-refractivity contribution in [2.45, 2.75) is 6.42 Å². The Morgan fingerprint density at radius 1 is 0.955 bits per heavy atom. The summed E-state index contributed by atoms with van der Waals surface area (Å²) in [4.78, 5) is 7.47. The molecule has 0 saturated carbocycles. The zero-order valence-corrected chi connectivity index (χ0v) is 12.7. The van der Waals surface area contributed by atoms with Crippen LogP contribution in [0.1, 0.15) is 11.4 Å². The largest absolute Gasteiger partial charge is 0.496 e. The Morgan fingerprint density at radius 2 is 1.68 bits per heavy atom. The Hall–Kier alpha value is -2.75. The summed E-state index contributed by atoms with van der Waals surface area (Å²) in [5.74, 6) is 2.55. The van der Waals surface area contributed by atoms with E-state index in [1.807, 2.05) is 36.5 Å². The molecule has 1 N–H and O–H groups in total. The van der Waals surface area contributed by atoms with Crippen LogP contribution in [0.4, 0.5) is 0 Å². The molecule has 0 radical (unpaired) electrons. The summed E-state index contributed by atoms with van der Waals surface area (Å²) in [6, 6.07) is 14.1. The fraction of sp³-hybridized carbons (Fsp3) is 0.167. The van der Waals surface area contributed by atoms with Gasteiger partial charge in [0.15, 0.2) is 0 Å². The van der Waals surface area contributed by atoms with E-state index in [-0.39, 0.29) is 0 Å². The third kappa shape index (κ3) is 2.68. The highest BCUT2D eigenvalue weighted by molar-refractivity contribution is 5.77. The van der Waals surface area contributed by atoms with Gasteiger partial charge in [-0.05, 0) is 17.7 Å². The summed E-state index contributed by atoms with van der Waals surface area (Å²) in [6.45, 7) is 0. The lowest BCUT2D eigenvalue weighted by Gasteiger charge is -2.17. The number of hydrogen-bond donors (Lipinski definition) is 1. The van der Waals surface area contributed by atoms with Gasteiger partial charge in [-0.2, -0.15) is 0 Å². The van der Waals surface area contributed by atoms with Crippen LogP contribution in [0.5, 0.6) is 11.5 Å². The Morgan fingerprint density at radius 3 is 2.32 bits per heavy atom. The number of methoxy groups -OCH3 is 2. The Bertz CT molecular complexity index is 737. The van der Waals surface area contributed by atoms with Crippen molar-refractivity contribution in [3.05, 3.63) is 66.2 Å². The Balaban J connectivity index is 2.19. The van der Waals surface area contributed by atoms with E-state index in [0.717, 1.165) is 34.0 Å². The number of ether oxygens (including phenoxy) is 2. The minimum atomic E-state index is 0.650. The topological polar surface area (TPSA) is 47.1 Å². The number of hydrogen-bond acceptors (Lipinski definition) is 3. The third-order valence-electron chi connectivity index (χ3n) is 3.63. The van der Waals surface area contributed by atoms with Gasteiger partial charge in [-0.25, -0.2) is 4.98 Å². The molecule has 0 atom stereocenters. The molecule has 0 amide bonds. The maximum atomic E-state index is 5.57. The first-order valence-corrected chi connectivity index (χ1v) is 7.11. The predicted octanol–water partition coefficient (Wildman–Crippen LogP) is 3.68. The van der Waals surface area contributed by atoms with Crippen molar-refractivity contribution in [3.8, 4) is 22.6 Å². The lowest BCUT2D eigenvalue weighted by Crippen LogP contribution is -2.01. The number of nitrogens with zero attached hydrogens (tertiary/aromatic N) is 1. The summed E-state index contributed by atoms with van der Waals surface area (Å²) in [5, 5.41) is 0. The van der Waals surface area contributed by atoms with E-state index in [0.29, 0.717) is 6.42 Å². The lowest BCUT2D eigenvalue weighted by atomic mass is 9.95. The SMILES string of the molecule is COc1ccc(OC)c(-c2ccccc2)c1Cc1ncc[nH]1. The molecule has 0 aliphatic heterocycles. The molecule has 22 heavy (non-hydrogen) atoms. The normalized spacial score (nSPS) is 10.5. The molecule has 0 unspecified atom stereocenters. The van der Waals surface area contributed by atoms with Crippen molar-refractivity contribution >= 4 is 0 Å². The van der Waals surface area contributed by atoms with Crippen LogP contribution in [0, 0.1) is 0 Å². The first kappa shape index (κ1) is 14.2. The predicted molar refractivity (Wildman–Crippen MR) is 86.4 cm³/mol. The van der Waals surface area contributed by atoms with Gasteiger partial charge in [-0.1, -0.05) is 30.3 Å². The van der Waals surface area contributed by atoms with Gasteiger partial charge in [-0.15, -0.1) is 0 Å². The molecule has 3 aromatic rings. The zero-order chi connectivity index (χ0) is 15.4. The highest BCUT2D eigenvalue weighted by Gasteiger charge is 2.17. The van der Waals surface area contributed by atoms with E-state index < -0.39 is 0 Å². The van der Waals surface area contributed by atoms with E-state index in [2.05, 4.69) is 22.1 Å². The highest BCUT2D eigenvalue weighted by Crippen LogP contribution is 2.39. The molecule has 0 fully saturated rings. The minimum Gasteiger partial charge on any atom is -0.496 e. The fourth-order valence-corrected chi connectivity index (χ4v) is 2.63. The molecule has 2 aromatic carbocycles. The van der Waals surface area contributed by atoms with E-state index in [1.54, 1.807) is 20.4 Å². The lowest BCUT2D eigenvalue weighted by molar-refractivity contribution is 0.400. The number of H-pyrrole nitrogens is 1. The van der Waals surface area contributed by atoms with E-state index in [4.69, 9.17) is 9.47 Å². The molecule has 0 saturated heterocycles. The molecule has 3 rings (SSSR count). The molecular formula is C18H18N2O2. The van der Waals surface area contributed by atoms with Crippen LogP contribution in [-0.4, -0.2) is 24.2 Å². The van der Waals surface area contributed by atoms with Gasteiger partial charge in [0.05, 0.1) is 14.2 Å². The Kier molecular flexibility index (Phi) is 4.10. The summed E-state index contributed by atoms with van der Waals surface area (Å²) in [7, 11) is 3.37. The van der Waals surface area contributed by atoms with E-state index in [1.165, 1.54) is 0 Å². The van der Waals surface area contributed by atoms with Crippen LogP contribution in [0.2, 0.25) is 0 Å². The monoisotopic (exact) mass is 294 g/mol. The molecule has 1 heterocycles. The summed E-state index contributed by atoms with van der Waals surface area (Å²) in [5.41, 5.74) is 3.20. The molecule has 1 aromatic heterocycles. The summed E-state index contributed by atoms with van der Waals surface area (Å²) in [6.07, 6.45) is 4.23. The van der Waals surface area contributed by atoms with Crippen molar-refractivity contribution < 1.29 is 9.47 Å². The molecule has 0 aliphatic carbocycles. The van der Waals surface area contributed by atoms with Gasteiger partial charge in [0, 0.05) is 29.9 Å². The van der Waals surface area contributed by atoms with Crippen LogP contribution in [0.25, 0.3) is 11.1 Å². The van der Waals surface area contributed by atoms with Crippen molar-refractivity contribution in [2.24, 2.45) is 0 Å². The van der Waals surface area contributed by atoms with Crippen molar-refractivity contribution in [3.63, 3.8) is 0 Å². The molecule has 4 heteroatoms. The molecule has 0 spiro atoms. The smallest absolute Gasteiger partial charge is 0.127 e. The van der Waals surface area contributed by atoms with Crippen molar-refractivity contribution in [2.75, 3.05) is 14.2 Å². The molecule has 0 bridgehead atoms. The average molecular weight is 294 g/mol. The standard InChI is InChI=1S/C18H18N2O2/c1-21-15-8-9-16(22-2)18(13-6-4-3-5-7-13)14(15)12-17-19-10-11-20-17/h3-11H,12H2,1-2H3,(H,19,20). The molecule has 112 valence electrons. The first-order chi connectivity index (χ1) is 10.8. The first-order valence-electron chi connectivity index (χ1n) is 7.11. The van der Waals surface area contributed by atoms with Gasteiger partial charge in [0.2, 0.25) is 0 Å². The Labute approximate surface area is 129 Å². The minimum absolute atomic E-state index is 0.650.